The number of rotatable bonds is 4. The second kappa shape index (κ2) is 6.56. The zero-order valence-electron chi connectivity index (χ0n) is 13.3. The number of nitrogens with zero attached hydrogens (tertiary/aromatic N) is 3. The Morgan fingerprint density at radius 3 is 2.64 bits per heavy atom. The van der Waals surface area contributed by atoms with Crippen molar-refractivity contribution in [1.82, 2.24) is 0 Å². The Morgan fingerprint density at radius 1 is 1.24 bits per heavy atom. The number of aromatic carboxylic acids is 1. The second-order valence-corrected chi connectivity index (χ2v) is 5.49. The van der Waals surface area contributed by atoms with Crippen molar-refractivity contribution < 1.29 is 19.8 Å². The van der Waals surface area contributed by atoms with Crippen LogP contribution in [0.3, 0.4) is 0 Å². The first kappa shape index (κ1) is 16.4. The number of hydrazone groups is 1. The van der Waals surface area contributed by atoms with Crippen molar-refractivity contribution in [2.24, 2.45) is 16.0 Å². The first-order chi connectivity index (χ1) is 12.0. The lowest BCUT2D eigenvalue weighted by atomic mass is 10.1. The molecule has 3 rings (SSSR count). The number of phenols is 1. The number of aromatic hydroxyl groups is 1. The van der Waals surface area contributed by atoms with E-state index >= 15 is 0 Å². The fraction of sp³-hybridized carbons (Fsp3) is 0.111. The summed E-state index contributed by atoms with van der Waals surface area (Å²) in [6.45, 7) is 1.73. The van der Waals surface area contributed by atoms with Gasteiger partial charge in [-0.25, -0.2) is 4.79 Å². The Labute approximate surface area is 143 Å². The molecule has 0 fully saturated rings. The maximum Gasteiger partial charge on any atom is 0.339 e. The van der Waals surface area contributed by atoms with Crippen LogP contribution in [-0.4, -0.2) is 34.0 Å². The molecule has 0 radical (unpaired) electrons. The molecule has 2 aromatic carbocycles. The number of carboxylic acids is 1. The molecule has 0 unspecified atom stereocenters. The van der Waals surface area contributed by atoms with Gasteiger partial charge in [0, 0.05) is 6.21 Å². The normalized spacial score (nSPS) is 17.2. The first-order valence-electron chi connectivity index (χ1n) is 7.52. The summed E-state index contributed by atoms with van der Waals surface area (Å²) in [4.78, 5) is 27.8. The zero-order valence-corrected chi connectivity index (χ0v) is 13.3. The zero-order chi connectivity index (χ0) is 18.0. The number of hydrogen-bond acceptors (Lipinski definition) is 5. The van der Waals surface area contributed by atoms with Gasteiger partial charge in [-0.3, -0.25) is 9.79 Å². The minimum Gasteiger partial charge on any atom is -0.507 e. The second-order valence-electron chi connectivity index (χ2n) is 5.49. The van der Waals surface area contributed by atoms with Crippen LogP contribution in [0.2, 0.25) is 0 Å². The fourth-order valence-electron chi connectivity index (χ4n) is 2.44. The summed E-state index contributed by atoms with van der Waals surface area (Å²) in [5.74, 6) is -2.44. The van der Waals surface area contributed by atoms with E-state index in [0.717, 1.165) is 0 Å². The molecule has 1 aliphatic heterocycles. The predicted molar refractivity (Wildman–Crippen MR) is 93.7 cm³/mol. The van der Waals surface area contributed by atoms with Gasteiger partial charge in [-0.1, -0.05) is 18.2 Å². The molecule has 25 heavy (non-hydrogen) atoms. The van der Waals surface area contributed by atoms with E-state index in [9.17, 15) is 14.7 Å². The molecule has 2 aromatic rings. The van der Waals surface area contributed by atoms with Gasteiger partial charge in [-0.05, 0) is 37.3 Å². The summed E-state index contributed by atoms with van der Waals surface area (Å²) in [6.07, 6.45) is 1.43. The SMILES string of the molecule is CC1=NN(c2ccccc2)C(=O)[C@H]1C=Nc1ccc(O)c(C(=O)O)c1. The molecule has 126 valence electrons. The Morgan fingerprint density at radius 2 is 1.96 bits per heavy atom. The van der Waals surface area contributed by atoms with Gasteiger partial charge in [-0.2, -0.15) is 10.1 Å². The minimum atomic E-state index is -1.25. The van der Waals surface area contributed by atoms with E-state index in [1.54, 1.807) is 19.1 Å². The van der Waals surface area contributed by atoms with E-state index < -0.39 is 11.9 Å². The monoisotopic (exact) mass is 337 g/mol. The van der Waals surface area contributed by atoms with Gasteiger partial charge in [0.2, 0.25) is 0 Å². The molecule has 0 aromatic heterocycles. The van der Waals surface area contributed by atoms with Crippen molar-refractivity contribution in [1.29, 1.82) is 0 Å². The predicted octanol–water partition coefficient (Wildman–Crippen LogP) is 2.83. The van der Waals surface area contributed by atoms with Gasteiger partial charge >= 0.3 is 5.97 Å². The lowest BCUT2D eigenvalue weighted by Crippen LogP contribution is -2.27. The maximum atomic E-state index is 12.6. The number of para-hydroxylation sites is 1. The van der Waals surface area contributed by atoms with Crippen LogP contribution in [0.5, 0.6) is 5.75 Å². The molecule has 2 N–H and O–H groups in total. The molecule has 0 bridgehead atoms. The lowest BCUT2D eigenvalue weighted by Gasteiger charge is -2.12. The number of hydrogen-bond donors (Lipinski definition) is 2. The van der Waals surface area contributed by atoms with E-state index in [1.807, 2.05) is 18.2 Å². The Hall–Kier alpha value is -3.48. The van der Waals surface area contributed by atoms with Crippen LogP contribution in [0, 0.1) is 5.92 Å². The molecule has 7 nitrogen and oxygen atoms in total. The summed E-state index contributed by atoms with van der Waals surface area (Å²) in [7, 11) is 0. The van der Waals surface area contributed by atoms with Gasteiger partial charge in [0.05, 0.1) is 17.1 Å². The van der Waals surface area contributed by atoms with E-state index in [1.165, 1.54) is 29.4 Å². The number of carbonyl (C=O) groups is 2. The first-order valence-corrected chi connectivity index (χ1v) is 7.52. The molecule has 1 heterocycles. The smallest absolute Gasteiger partial charge is 0.339 e. The van der Waals surface area contributed by atoms with Crippen LogP contribution in [0.15, 0.2) is 58.6 Å². The number of aliphatic imine (C=N–C) groups is 1. The Bertz CT molecular complexity index is 890. The molecule has 1 atom stereocenters. The van der Waals surface area contributed by atoms with Gasteiger partial charge in [0.25, 0.3) is 5.91 Å². The van der Waals surface area contributed by atoms with E-state index in [4.69, 9.17) is 5.11 Å². The fourth-order valence-corrected chi connectivity index (χ4v) is 2.44. The van der Waals surface area contributed by atoms with Crippen LogP contribution in [0.25, 0.3) is 0 Å². The highest BCUT2D eigenvalue weighted by atomic mass is 16.4. The van der Waals surface area contributed by atoms with Crippen LogP contribution in [-0.2, 0) is 4.79 Å². The standard InChI is InChI=1S/C18H15N3O4/c1-11-15(17(23)21(20-11)13-5-3-2-4-6-13)10-19-12-7-8-16(22)14(9-12)18(24)25/h2-10,15,22H,1H3,(H,24,25)/t15-/m0/s1. The highest BCUT2D eigenvalue weighted by Crippen LogP contribution is 2.25. The number of carbonyl (C=O) groups excluding carboxylic acids is 1. The number of carboxylic acid groups (broad SMARTS) is 1. The summed E-state index contributed by atoms with van der Waals surface area (Å²) in [5.41, 5.74) is 1.34. The average molecular weight is 337 g/mol. The van der Waals surface area contributed by atoms with Gasteiger partial charge in [-0.15, -0.1) is 0 Å². The van der Waals surface area contributed by atoms with E-state index in [0.29, 0.717) is 17.1 Å². The number of benzene rings is 2. The number of anilines is 1. The summed E-state index contributed by atoms with van der Waals surface area (Å²) >= 11 is 0. The summed E-state index contributed by atoms with van der Waals surface area (Å²) < 4.78 is 0. The third-order valence-electron chi connectivity index (χ3n) is 3.77. The third kappa shape index (κ3) is 3.25. The summed E-state index contributed by atoms with van der Waals surface area (Å²) in [5, 5.41) is 24.1. The van der Waals surface area contributed by atoms with Crippen LogP contribution in [0.1, 0.15) is 17.3 Å². The van der Waals surface area contributed by atoms with Crippen molar-refractivity contribution in [2.75, 3.05) is 5.01 Å². The van der Waals surface area contributed by atoms with Crippen LogP contribution < -0.4 is 5.01 Å². The quantitative estimate of drug-likeness (QED) is 0.837. The van der Waals surface area contributed by atoms with Crippen molar-refractivity contribution in [3.63, 3.8) is 0 Å². The van der Waals surface area contributed by atoms with Crippen molar-refractivity contribution >= 4 is 35.2 Å². The number of amides is 1. The minimum absolute atomic E-state index is 0.232. The molecule has 7 heteroatoms. The van der Waals surface area contributed by atoms with Crippen molar-refractivity contribution in [3.05, 3.63) is 54.1 Å². The summed E-state index contributed by atoms with van der Waals surface area (Å²) in [6, 6.07) is 13.0. The molecule has 0 saturated carbocycles. The van der Waals surface area contributed by atoms with Crippen molar-refractivity contribution in [2.45, 2.75) is 6.92 Å². The molecule has 1 amide bonds. The molecule has 1 aliphatic rings. The molecular weight excluding hydrogens is 322 g/mol. The van der Waals surface area contributed by atoms with Gasteiger partial charge in [0.1, 0.15) is 17.2 Å². The molecular formula is C18H15N3O4. The largest absolute Gasteiger partial charge is 0.507 e. The Balaban J connectivity index is 1.83. The van der Waals surface area contributed by atoms with Crippen LogP contribution in [0.4, 0.5) is 11.4 Å². The highest BCUT2D eigenvalue weighted by Gasteiger charge is 2.33. The maximum absolute atomic E-state index is 12.6. The highest BCUT2D eigenvalue weighted by molar-refractivity contribution is 6.23. The third-order valence-corrected chi connectivity index (χ3v) is 3.77. The average Bonchev–Trinajstić information content (AvgIpc) is 2.89. The van der Waals surface area contributed by atoms with Gasteiger partial charge in [0.15, 0.2) is 0 Å². The van der Waals surface area contributed by atoms with E-state index in [-0.39, 0.29) is 17.2 Å². The van der Waals surface area contributed by atoms with Crippen LogP contribution >= 0.6 is 0 Å². The molecule has 0 saturated heterocycles. The van der Waals surface area contributed by atoms with E-state index in [2.05, 4.69) is 10.1 Å². The lowest BCUT2D eigenvalue weighted by molar-refractivity contribution is -0.118. The van der Waals surface area contributed by atoms with Crippen molar-refractivity contribution in [3.8, 4) is 5.75 Å². The Kier molecular flexibility index (Phi) is 4.30. The molecule has 0 aliphatic carbocycles. The molecule has 0 spiro atoms. The topological polar surface area (TPSA) is 103 Å². The van der Waals surface area contributed by atoms with Gasteiger partial charge < -0.3 is 10.2 Å².